The van der Waals surface area contributed by atoms with Crippen molar-refractivity contribution in [2.75, 3.05) is 13.2 Å². The van der Waals surface area contributed by atoms with Gasteiger partial charge in [0.25, 0.3) is 0 Å². The molecule has 2 atom stereocenters. The Hall–Kier alpha value is -1.10. The average molecular weight is 241 g/mol. The molecule has 5 nitrogen and oxygen atoms in total. The van der Waals surface area contributed by atoms with Crippen molar-refractivity contribution in [1.82, 2.24) is 5.32 Å². The van der Waals surface area contributed by atoms with Crippen LogP contribution in [0.2, 0.25) is 0 Å². The Morgan fingerprint density at radius 3 is 2.59 bits per heavy atom. The first kappa shape index (κ1) is 12.4. The van der Waals surface area contributed by atoms with Crippen molar-refractivity contribution in [2.24, 2.45) is 11.8 Å². The van der Waals surface area contributed by atoms with Gasteiger partial charge in [-0.25, -0.2) is 0 Å². The highest BCUT2D eigenvalue weighted by molar-refractivity contribution is 5.78. The van der Waals surface area contributed by atoms with Crippen LogP contribution in [0, 0.1) is 11.8 Å². The van der Waals surface area contributed by atoms with Crippen LogP contribution in [0.15, 0.2) is 0 Å². The zero-order valence-electron chi connectivity index (χ0n) is 9.85. The second-order valence-electron chi connectivity index (χ2n) is 5.07. The molecule has 0 spiro atoms. The van der Waals surface area contributed by atoms with Gasteiger partial charge in [-0.1, -0.05) is 0 Å². The van der Waals surface area contributed by atoms with Crippen LogP contribution in [0.25, 0.3) is 0 Å². The summed E-state index contributed by atoms with van der Waals surface area (Å²) in [5.74, 6) is -0.522. The van der Waals surface area contributed by atoms with Crippen molar-refractivity contribution < 1.29 is 19.4 Å². The predicted octanol–water partition coefficient (Wildman–Crippen LogP) is 0.782. The minimum absolute atomic E-state index is 0.00752. The maximum absolute atomic E-state index is 11.5. The monoisotopic (exact) mass is 241 g/mol. The first-order valence-electron chi connectivity index (χ1n) is 6.25. The first-order valence-corrected chi connectivity index (χ1v) is 6.25. The highest BCUT2D eigenvalue weighted by Crippen LogP contribution is 2.28. The number of ether oxygens (including phenoxy) is 1. The number of carboxylic acids is 1. The highest BCUT2D eigenvalue weighted by atomic mass is 16.5. The van der Waals surface area contributed by atoms with Crippen LogP contribution >= 0.6 is 0 Å². The summed E-state index contributed by atoms with van der Waals surface area (Å²) < 4.78 is 5.28. The fourth-order valence-corrected chi connectivity index (χ4v) is 2.21. The molecule has 0 aromatic rings. The molecule has 0 radical (unpaired) electrons. The summed E-state index contributed by atoms with van der Waals surface area (Å²) in [6, 6.07) is 0.00752. The molecule has 2 aliphatic carbocycles. The van der Waals surface area contributed by atoms with Crippen molar-refractivity contribution in [1.29, 1.82) is 0 Å². The van der Waals surface area contributed by atoms with Crippen LogP contribution in [-0.4, -0.2) is 36.2 Å². The molecule has 2 aliphatic rings. The van der Waals surface area contributed by atoms with Crippen molar-refractivity contribution in [3.05, 3.63) is 0 Å². The zero-order valence-corrected chi connectivity index (χ0v) is 9.85. The summed E-state index contributed by atoms with van der Waals surface area (Å²) in [5, 5.41) is 11.7. The number of nitrogens with one attached hydrogen (secondary N) is 1. The lowest BCUT2D eigenvalue weighted by Crippen LogP contribution is -2.36. The second kappa shape index (κ2) is 5.49. The fourth-order valence-electron chi connectivity index (χ4n) is 2.21. The van der Waals surface area contributed by atoms with Crippen molar-refractivity contribution in [3.8, 4) is 0 Å². The van der Waals surface area contributed by atoms with Crippen LogP contribution in [0.3, 0.4) is 0 Å². The van der Waals surface area contributed by atoms with E-state index in [2.05, 4.69) is 5.32 Å². The Morgan fingerprint density at radius 2 is 2.00 bits per heavy atom. The summed E-state index contributed by atoms with van der Waals surface area (Å²) in [6.07, 6.45) is 4.38. The van der Waals surface area contributed by atoms with Crippen molar-refractivity contribution >= 4 is 11.9 Å². The first-order chi connectivity index (χ1) is 8.15. The number of hydrogen-bond donors (Lipinski definition) is 2. The third kappa shape index (κ3) is 4.00. The third-order valence-corrected chi connectivity index (χ3v) is 3.43. The van der Waals surface area contributed by atoms with Gasteiger partial charge in [-0.3, -0.25) is 9.59 Å². The molecule has 2 fully saturated rings. The molecule has 17 heavy (non-hydrogen) atoms. The van der Waals surface area contributed by atoms with E-state index in [1.807, 2.05) is 0 Å². The van der Waals surface area contributed by atoms with Crippen LogP contribution < -0.4 is 5.32 Å². The number of amides is 1. The van der Waals surface area contributed by atoms with Gasteiger partial charge in [0, 0.05) is 6.04 Å². The quantitative estimate of drug-likeness (QED) is 0.720. The van der Waals surface area contributed by atoms with Gasteiger partial charge in [0.2, 0.25) is 5.91 Å². The molecule has 0 unspecified atom stereocenters. The summed E-state index contributed by atoms with van der Waals surface area (Å²) in [4.78, 5) is 22.2. The number of carbonyl (C=O) groups is 2. The van der Waals surface area contributed by atoms with E-state index >= 15 is 0 Å². The van der Waals surface area contributed by atoms with E-state index in [4.69, 9.17) is 9.84 Å². The number of aliphatic carboxylic acids is 1. The van der Waals surface area contributed by atoms with E-state index in [9.17, 15) is 9.59 Å². The molecular formula is C12H19NO4. The van der Waals surface area contributed by atoms with Gasteiger partial charge >= 0.3 is 5.97 Å². The van der Waals surface area contributed by atoms with Crippen LogP contribution in [0.4, 0.5) is 0 Å². The van der Waals surface area contributed by atoms with Gasteiger partial charge in [0.05, 0.1) is 12.5 Å². The topological polar surface area (TPSA) is 75.6 Å². The normalized spacial score (nSPS) is 28.0. The van der Waals surface area contributed by atoms with E-state index in [0.717, 1.165) is 6.42 Å². The zero-order chi connectivity index (χ0) is 12.3. The molecule has 2 N–H and O–H groups in total. The lowest BCUT2D eigenvalue weighted by Gasteiger charge is -2.12. The largest absolute Gasteiger partial charge is 0.481 e. The van der Waals surface area contributed by atoms with Crippen LogP contribution in [0.5, 0.6) is 0 Å². The van der Waals surface area contributed by atoms with Gasteiger partial charge in [0.1, 0.15) is 6.61 Å². The van der Waals surface area contributed by atoms with E-state index in [1.165, 1.54) is 12.8 Å². The summed E-state index contributed by atoms with van der Waals surface area (Å²) in [7, 11) is 0. The molecule has 0 heterocycles. The van der Waals surface area contributed by atoms with Crippen LogP contribution in [0.1, 0.15) is 32.1 Å². The molecule has 96 valence electrons. The second-order valence-corrected chi connectivity index (χ2v) is 5.07. The third-order valence-electron chi connectivity index (χ3n) is 3.43. The van der Waals surface area contributed by atoms with E-state index < -0.39 is 5.97 Å². The van der Waals surface area contributed by atoms with E-state index in [-0.39, 0.29) is 24.5 Å². The molecule has 0 aliphatic heterocycles. The molecule has 0 bridgehead atoms. The maximum atomic E-state index is 11.5. The van der Waals surface area contributed by atoms with Crippen molar-refractivity contribution in [3.63, 3.8) is 0 Å². The summed E-state index contributed by atoms with van der Waals surface area (Å²) in [5.41, 5.74) is 0. The van der Waals surface area contributed by atoms with Crippen molar-refractivity contribution in [2.45, 2.75) is 38.1 Å². The Labute approximate surface area is 101 Å². The Bertz CT molecular complexity index is 301. The molecule has 0 saturated heterocycles. The lowest BCUT2D eigenvalue weighted by molar-refractivity contribution is -0.141. The number of hydrogen-bond acceptors (Lipinski definition) is 3. The molecule has 0 aromatic carbocycles. The Morgan fingerprint density at radius 1 is 1.24 bits per heavy atom. The predicted molar refractivity (Wildman–Crippen MR) is 60.5 cm³/mol. The maximum Gasteiger partial charge on any atom is 0.306 e. The average Bonchev–Trinajstić information content (AvgIpc) is 2.96. The number of carboxylic acid groups (broad SMARTS) is 1. The smallest absolute Gasteiger partial charge is 0.306 e. The molecule has 2 rings (SSSR count). The van der Waals surface area contributed by atoms with Gasteiger partial charge in [-0.2, -0.15) is 0 Å². The summed E-state index contributed by atoms with van der Waals surface area (Å²) >= 11 is 0. The molecule has 5 heteroatoms. The van der Waals surface area contributed by atoms with E-state index in [0.29, 0.717) is 25.4 Å². The molecule has 1 amide bonds. The molecule has 0 aromatic heterocycles. The Balaban J connectivity index is 1.59. The summed E-state index contributed by atoms with van der Waals surface area (Å²) in [6.45, 7) is 0.778. The van der Waals surface area contributed by atoms with Gasteiger partial charge in [-0.15, -0.1) is 0 Å². The minimum atomic E-state index is -0.758. The van der Waals surface area contributed by atoms with Crippen LogP contribution in [-0.2, 0) is 14.3 Å². The van der Waals surface area contributed by atoms with Gasteiger partial charge < -0.3 is 15.2 Å². The van der Waals surface area contributed by atoms with Gasteiger partial charge in [0.15, 0.2) is 0 Å². The SMILES string of the molecule is O=C(COCC1CC1)N[C@H]1CC[C@@H](C(=O)O)C1. The standard InChI is InChI=1S/C12H19NO4/c14-11(7-17-6-8-1-2-8)13-10-4-3-9(5-10)12(15)16/h8-10H,1-7H2,(H,13,14)(H,15,16)/t9-,10+/m1/s1. The van der Waals surface area contributed by atoms with Gasteiger partial charge in [-0.05, 0) is 38.0 Å². The number of rotatable bonds is 6. The number of carbonyl (C=O) groups excluding carboxylic acids is 1. The minimum Gasteiger partial charge on any atom is -0.481 e. The van der Waals surface area contributed by atoms with E-state index in [1.54, 1.807) is 0 Å². The highest BCUT2D eigenvalue weighted by Gasteiger charge is 2.30. The Kier molecular flexibility index (Phi) is 3.99. The molecule has 2 saturated carbocycles. The fraction of sp³-hybridized carbons (Fsp3) is 0.833. The molecular weight excluding hydrogens is 222 g/mol. The lowest BCUT2D eigenvalue weighted by atomic mass is 10.1.